The van der Waals surface area contributed by atoms with E-state index in [1.807, 2.05) is 12.1 Å². The van der Waals surface area contributed by atoms with E-state index >= 15 is 0 Å². The Morgan fingerprint density at radius 2 is 2.09 bits per heavy atom. The van der Waals surface area contributed by atoms with Gasteiger partial charge in [0.05, 0.1) is 23.3 Å². The maximum absolute atomic E-state index is 12.8. The van der Waals surface area contributed by atoms with Gasteiger partial charge in [0.2, 0.25) is 11.8 Å². The van der Waals surface area contributed by atoms with Crippen LogP contribution >= 0.6 is 27.7 Å². The van der Waals surface area contributed by atoms with Crippen molar-refractivity contribution < 1.29 is 13.9 Å². The molecule has 0 unspecified atom stereocenters. The van der Waals surface area contributed by atoms with E-state index < -0.39 is 0 Å². The highest BCUT2D eigenvalue weighted by atomic mass is 79.9. The van der Waals surface area contributed by atoms with Crippen molar-refractivity contribution in [1.29, 1.82) is 0 Å². The minimum atomic E-state index is -0.274. The number of ether oxygens (including phenoxy) is 1. The van der Waals surface area contributed by atoms with E-state index in [1.165, 1.54) is 23.9 Å². The molecule has 0 aliphatic carbocycles. The van der Waals surface area contributed by atoms with E-state index in [4.69, 9.17) is 4.74 Å². The van der Waals surface area contributed by atoms with E-state index in [2.05, 4.69) is 20.9 Å². The molecule has 2 heterocycles. The average Bonchev–Trinajstić information content (AvgIpc) is 2.51. The van der Waals surface area contributed by atoms with Gasteiger partial charge < -0.3 is 9.64 Å². The van der Waals surface area contributed by atoms with Crippen LogP contribution in [0.5, 0.6) is 5.88 Å². The molecule has 1 aliphatic rings. The number of pyridine rings is 1. The van der Waals surface area contributed by atoms with Crippen molar-refractivity contribution in [1.82, 2.24) is 9.88 Å². The number of amides is 1. The Balaban J connectivity index is 1.43. The molecule has 0 bridgehead atoms. The zero-order valence-corrected chi connectivity index (χ0v) is 14.5. The zero-order valence-electron chi connectivity index (χ0n) is 12.1. The first-order valence-electron chi connectivity index (χ1n) is 7.05. The molecule has 1 amide bonds. The fourth-order valence-corrected chi connectivity index (χ4v) is 3.25. The van der Waals surface area contributed by atoms with Crippen LogP contribution < -0.4 is 4.74 Å². The molecule has 1 aromatic heterocycles. The topological polar surface area (TPSA) is 42.4 Å². The molecule has 3 rings (SSSR count). The monoisotopic (exact) mass is 396 g/mol. The molecule has 23 heavy (non-hydrogen) atoms. The SMILES string of the molecule is O=C(CSc1ccc(F)cc1)N1CC(Oc2ncccc2Br)C1. The molecule has 1 fully saturated rings. The molecule has 0 saturated carbocycles. The summed E-state index contributed by atoms with van der Waals surface area (Å²) >= 11 is 4.78. The Morgan fingerprint density at radius 3 is 2.78 bits per heavy atom. The Hall–Kier alpha value is -1.60. The molecule has 120 valence electrons. The fraction of sp³-hybridized carbons (Fsp3) is 0.250. The van der Waals surface area contributed by atoms with E-state index in [0.717, 1.165) is 9.37 Å². The van der Waals surface area contributed by atoms with Crippen molar-refractivity contribution in [2.45, 2.75) is 11.0 Å². The summed E-state index contributed by atoms with van der Waals surface area (Å²) in [5.74, 6) is 0.666. The molecule has 4 nitrogen and oxygen atoms in total. The molecular formula is C16H14BrFN2O2S. The van der Waals surface area contributed by atoms with Gasteiger partial charge in [-0.15, -0.1) is 11.8 Å². The minimum Gasteiger partial charge on any atom is -0.470 e. The van der Waals surface area contributed by atoms with Crippen LogP contribution in [0.2, 0.25) is 0 Å². The predicted octanol–water partition coefficient (Wildman–Crippen LogP) is 3.37. The van der Waals surface area contributed by atoms with Gasteiger partial charge in [0.1, 0.15) is 11.9 Å². The third-order valence-electron chi connectivity index (χ3n) is 3.38. The second-order valence-corrected chi connectivity index (χ2v) is 6.97. The first kappa shape index (κ1) is 16.3. The maximum Gasteiger partial charge on any atom is 0.233 e. The predicted molar refractivity (Wildman–Crippen MR) is 90.1 cm³/mol. The number of halogens is 2. The van der Waals surface area contributed by atoms with Gasteiger partial charge in [0, 0.05) is 11.1 Å². The lowest BCUT2D eigenvalue weighted by Crippen LogP contribution is -2.56. The molecule has 1 aromatic carbocycles. The normalized spacial score (nSPS) is 14.4. The second-order valence-electron chi connectivity index (χ2n) is 5.07. The quantitative estimate of drug-likeness (QED) is 0.726. The molecule has 2 aromatic rings. The van der Waals surface area contributed by atoms with Gasteiger partial charge in [-0.1, -0.05) is 0 Å². The number of rotatable bonds is 5. The van der Waals surface area contributed by atoms with Crippen molar-refractivity contribution >= 4 is 33.6 Å². The zero-order chi connectivity index (χ0) is 16.2. The lowest BCUT2D eigenvalue weighted by Gasteiger charge is -2.38. The van der Waals surface area contributed by atoms with E-state index in [9.17, 15) is 9.18 Å². The number of carbonyl (C=O) groups is 1. The number of hydrogen-bond acceptors (Lipinski definition) is 4. The van der Waals surface area contributed by atoms with Crippen LogP contribution in [0.15, 0.2) is 52.0 Å². The highest BCUT2D eigenvalue weighted by Crippen LogP contribution is 2.25. The third-order valence-corrected chi connectivity index (χ3v) is 4.98. The van der Waals surface area contributed by atoms with Crippen LogP contribution in [0.25, 0.3) is 0 Å². The van der Waals surface area contributed by atoms with Gasteiger partial charge in [-0.2, -0.15) is 0 Å². The summed E-state index contributed by atoms with van der Waals surface area (Å²) in [6, 6.07) is 9.82. The van der Waals surface area contributed by atoms with Crippen molar-refractivity contribution in [3.63, 3.8) is 0 Å². The summed E-state index contributed by atoms with van der Waals surface area (Å²) < 4.78 is 19.4. The molecule has 1 aliphatic heterocycles. The molecule has 0 radical (unpaired) electrons. The van der Waals surface area contributed by atoms with E-state index in [-0.39, 0.29) is 17.8 Å². The van der Waals surface area contributed by atoms with E-state index in [1.54, 1.807) is 23.2 Å². The van der Waals surface area contributed by atoms with Crippen LogP contribution in [0.1, 0.15) is 0 Å². The summed E-state index contributed by atoms with van der Waals surface area (Å²) in [6.45, 7) is 1.12. The fourth-order valence-electron chi connectivity index (χ4n) is 2.10. The molecule has 0 N–H and O–H groups in total. The number of likely N-dealkylation sites (tertiary alicyclic amines) is 1. The Bertz CT molecular complexity index is 693. The van der Waals surface area contributed by atoms with Crippen LogP contribution in [0.3, 0.4) is 0 Å². The summed E-state index contributed by atoms with van der Waals surface area (Å²) in [7, 11) is 0. The van der Waals surface area contributed by atoms with Crippen LogP contribution in [0.4, 0.5) is 4.39 Å². The number of thioether (sulfide) groups is 1. The molecule has 7 heteroatoms. The first-order chi connectivity index (χ1) is 11.1. The highest BCUT2D eigenvalue weighted by molar-refractivity contribution is 9.10. The average molecular weight is 397 g/mol. The van der Waals surface area contributed by atoms with Crippen molar-refractivity contribution in [3.8, 4) is 5.88 Å². The van der Waals surface area contributed by atoms with Crippen molar-refractivity contribution in [2.24, 2.45) is 0 Å². The minimum absolute atomic E-state index is 0.0269. The van der Waals surface area contributed by atoms with Gasteiger partial charge in [-0.05, 0) is 52.3 Å². The molecule has 0 spiro atoms. The number of carbonyl (C=O) groups excluding carboxylic acids is 1. The van der Waals surface area contributed by atoms with Crippen molar-refractivity contribution in [3.05, 3.63) is 52.9 Å². The van der Waals surface area contributed by atoms with Crippen LogP contribution in [-0.4, -0.2) is 40.7 Å². The third kappa shape index (κ3) is 4.23. The molecule has 1 saturated heterocycles. The molecule has 0 atom stereocenters. The second kappa shape index (κ2) is 7.31. The van der Waals surface area contributed by atoms with E-state index in [0.29, 0.717) is 24.7 Å². The van der Waals surface area contributed by atoms with Gasteiger partial charge in [-0.3, -0.25) is 4.79 Å². The van der Waals surface area contributed by atoms with Crippen LogP contribution in [-0.2, 0) is 4.79 Å². The van der Waals surface area contributed by atoms with Gasteiger partial charge in [-0.25, -0.2) is 9.37 Å². The van der Waals surface area contributed by atoms with Gasteiger partial charge in [0.15, 0.2) is 0 Å². The Labute approximate surface area is 146 Å². The molecular weight excluding hydrogens is 383 g/mol. The van der Waals surface area contributed by atoms with Crippen LogP contribution in [0, 0.1) is 5.82 Å². The van der Waals surface area contributed by atoms with Gasteiger partial charge >= 0.3 is 0 Å². The largest absolute Gasteiger partial charge is 0.470 e. The maximum atomic E-state index is 12.8. The summed E-state index contributed by atoms with van der Waals surface area (Å²) in [6.07, 6.45) is 1.64. The smallest absolute Gasteiger partial charge is 0.233 e. The lowest BCUT2D eigenvalue weighted by atomic mass is 10.2. The Morgan fingerprint density at radius 1 is 1.35 bits per heavy atom. The first-order valence-corrected chi connectivity index (χ1v) is 8.83. The summed E-state index contributed by atoms with van der Waals surface area (Å²) in [4.78, 5) is 18.9. The van der Waals surface area contributed by atoms with Gasteiger partial charge in [0.25, 0.3) is 0 Å². The van der Waals surface area contributed by atoms with Crippen molar-refractivity contribution in [2.75, 3.05) is 18.8 Å². The number of nitrogens with zero attached hydrogens (tertiary/aromatic N) is 2. The summed E-state index contributed by atoms with van der Waals surface area (Å²) in [5, 5.41) is 0. The number of benzene rings is 1. The lowest BCUT2D eigenvalue weighted by molar-refractivity contribution is -0.137. The number of aromatic nitrogens is 1. The highest BCUT2D eigenvalue weighted by Gasteiger charge is 2.32. The standard InChI is InChI=1S/C16H14BrFN2O2S/c17-14-2-1-7-19-16(14)22-12-8-20(9-12)15(21)10-23-13-5-3-11(18)4-6-13/h1-7,12H,8-10H2. The Kier molecular flexibility index (Phi) is 5.17. The summed E-state index contributed by atoms with van der Waals surface area (Å²) in [5.41, 5.74) is 0. The number of hydrogen-bond donors (Lipinski definition) is 0.